The zero-order valence-corrected chi connectivity index (χ0v) is 22.9. The minimum absolute atomic E-state index is 0.0441. The molecule has 34 heavy (non-hydrogen) atoms. The maximum Gasteiger partial charge on any atom is 0.305 e. The molecule has 0 amide bonds. The van der Waals surface area contributed by atoms with Crippen LogP contribution in [0.4, 0.5) is 0 Å². The largest absolute Gasteiger partial charge is 0.466 e. The SMILES string of the molecule is CC/C=C\CCCCCCCCCCOC(=O)CCCCCCCCC(=O)OCCCC(C)C. The van der Waals surface area contributed by atoms with Crippen LogP contribution in [0.1, 0.15) is 149 Å². The summed E-state index contributed by atoms with van der Waals surface area (Å²) in [4.78, 5) is 23.5. The highest BCUT2D eigenvalue weighted by molar-refractivity contribution is 5.69. The van der Waals surface area contributed by atoms with Gasteiger partial charge in [0.25, 0.3) is 0 Å². The lowest BCUT2D eigenvalue weighted by atomic mass is 10.1. The summed E-state index contributed by atoms with van der Waals surface area (Å²) in [6, 6.07) is 0. The van der Waals surface area contributed by atoms with Crippen molar-refractivity contribution >= 4 is 11.9 Å². The summed E-state index contributed by atoms with van der Waals surface area (Å²) in [5, 5.41) is 0. The second-order valence-corrected chi connectivity index (χ2v) is 10.1. The number of carbonyl (C=O) groups is 2. The summed E-state index contributed by atoms with van der Waals surface area (Å²) < 4.78 is 10.6. The minimum atomic E-state index is -0.0578. The van der Waals surface area contributed by atoms with Crippen LogP contribution in [0.15, 0.2) is 12.2 Å². The van der Waals surface area contributed by atoms with Crippen LogP contribution in [-0.4, -0.2) is 25.2 Å². The molecular weight excluding hydrogens is 424 g/mol. The van der Waals surface area contributed by atoms with Gasteiger partial charge in [-0.1, -0.05) is 97.1 Å². The van der Waals surface area contributed by atoms with E-state index in [0.29, 0.717) is 32.0 Å². The van der Waals surface area contributed by atoms with Crippen LogP contribution in [-0.2, 0) is 19.1 Å². The molecule has 0 rings (SSSR count). The molecule has 200 valence electrons. The van der Waals surface area contributed by atoms with Crippen molar-refractivity contribution in [1.82, 2.24) is 0 Å². The Kier molecular flexibility index (Phi) is 25.3. The Balaban J connectivity index is 3.27. The summed E-state index contributed by atoms with van der Waals surface area (Å²) in [5.41, 5.74) is 0. The fourth-order valence-electron chi connectivity index (χ4n) is 3.96. The van der Waals surface area contributed by atoms with Gasteiger partial charge >= 0.3 is 11.9 Å². The molecule has 0 N–H and O–H groups in total. The molecular formula is C30H56O4. The Morgan fingerprint density at radius 1 is 0.588 bits per heavy atom. The summed E-state index contributed by atoms with van der Waals surface area (Å²) >= 11 is 0. The molecule has 4 heteroatoms. The third kappa shape index (κ3) is 26.9. The van der Waals surface area contributed by atoms with Crippen molar-refractivity contribution in [3.8, 4) is 0 Å². The van der Waals surface area contributed by atoms with Gasteiger partial charge in [-0.3, -0.25) is 9.59 Å². The molecule has 0 saturated carbocycles. The molecule has 0 atom stereocenters. The van der Waals surface area contributed by atoms with E-state index in [-0.39, 0.29) is 11.9 Å². The van der Waals surface area contributed by atoms with Crippen molar-refractivity contribution in [3.05, 3.63) is 12.2 Å². The molecule has 0 unspecified atom stereocenters. The number of esters is 2. The van der Waals surface area contributed by atoms with Crippen LogP contribution in [0.2, 0.25) is 0 Å². The second-order valence-electron chi connectivity index (χ2n) is 10.1. The van der Waals surface area contributed by atoms with Gasteiger partial charge in [0.15, 0.2) is 0 Å². The molecule has 0 aliphatic rings. The van der Waals surface area contributed by atoms with E-state index < -0.39 is 0 Å². The average molecular weight is 481 g/mol. The van der Waals surface area contributed by atoms with E-state index in [0.717, 1.165) is 70.6 Å². The first-order valence-corrected chi connectivity index (χ1v) is 14.5. The first-order chi connectivity index (χ1) is 16.6. The zero-order chi connectivity index (χ0) is 25.1. The predicted molar refractivity (Wildman–Crippen MR) is 144 cm³/mol. The summed E-state index contributed by atoms with van der Waals surface area (Å²) in [5.74, 6) is 0.563. The number of ether oxygens (including phenoxy) is 2. The van der Waals surface area contributed by atoms with Gasteiger partial charge in [-0.2, -0.15) is 0 Å². The highest BCUT2D eigenvalue weighted by Gasteiger charge is 2.04. The molecule has 0 spiro atoms. The maximum atomic E-state index is 11.8. The maximum absolute atomic E-state index is 11.8. The molecule has 0 aromatic rings. The lowest BCUT2D eigenvalue weighted by Gasteiger charge is -2.07. The molecule has 4 nitrogen and oxygen atoms in total. The van der Waals surface area contributed by atoms with Crippen molar-refractivity contribution < 1.29 is 19.1 Å². The van der Waals surface area contributed by atoms with Crippen molar-refractivity contribution in [1.29, 1.82) is 0 Å². The molecule has 0 aromatic carbocycles. The van der Waals surface area contributed by atoms with E-state index in [1.807, 2.05) is 0 Å². The van der Waals surface area contributed by atoms with Crippen LogP contribution in [0.3, 0.4) is 0 Å². The molecule has 0 aromatic heterocycles. The number of rotatable bonds is 25. The Hall–Kier alpha value is -1.32. The average Bonchev–Trinajstić information content (AvgIpc) is 2.81. The predicted octanol–water partition coefficient (Wildman–Crippen LogP) is 9.11. The third-order valence-electron chi connectivity index (χ3n) is 6.13. The minimum Gasteiger partial charge on any atom is -0.466 e. The van der Waals surface area contributed by atoms with Gasteiger partial charge < -0.3 is 9.47 Å². The molecule has 0 saturated heterocycles. The molecule has 0 fully saturated rings. The number of hydrogen-bond donors (Lipinski definition) is 0. The number of hydrogen-bond acceptors (Lipinski definition) is 4. The van der Waals surface area contributed by atoms with E-state index in [2.05, 4.69) is 32.9 Å². The van der Waals surface area contributed by atoms with E-state index in [1.165, 1.54) is 44.9 Å². The lowest BCUT2D eigenvalue weighted by molar-refractivity contribution is -0.144. The fourth-order valence-corrected chi connectivity index (χ4v) is 3.96. The fraction of sp³-hybridized carbons (Fsp3) is 0.867. The van der Waals surface area contributed by atoms with Gasteiger partial charge in [-0.15, -0.1) is 0 Å². The highest BCUT2D eigenvalue weighted by atomic mass is 16.5. The first-order valence-electron chi connectivity index (χ1n) is 14.5. The monoisotopic (exact) mass is 480 g/mol. The Bertz CT molecular complexity index is 484. The first kappa shape index (κ1) is 32.7. The highest BCUT2D eigenvalue weighted by Crippen LogP contribution is 2.12. The number of allylic oxidation sites excluding steroid dienone is 2. The molecule has 0 heterocycles. The van der Waals surface area contributed by atoms with Crippen LogP contribution in [0, 0.1) is 5.92 Å². The molecule has 0 radical (unpaired) electrons. The van der Waals surface area contributed by atoms with Gasteiger partial charge in [0.1, 0.15) is 0 Å². The molecule has 0 aliphatic heterocycles. The van der Waals surface area contributed by atoms with Crippen molar-refractivity contribution in [3.63, 3.8) is 0 Å². The summed E-state index contributed by atoms with van der Waals surface area (Å²) in [7, 11) is 0. The quantitative estimate of drug-likeness (QED) is 0.0742. The topological polar surface area (TPSA) is 52.6 Å². The molecule has 0 aliphatic carbocycles. The van der Waals surface area contributed by atoms with E-state index in [4.69, 9.17) is 9.47 Å². The zero-order valence-electron chi connectivity index (χ0n) is 22.9. The van der Waals surface area contributed by atoms with Gasteiger partial charge in [0, 0.05) is 12.8 Å². The van der Waals surface area contributed by atoms with Gasteiger partial charge in [-0.05, 0) is 57.3 Å². The summed E-state index contributed by atoms with van der Waals surface area (Å²) in [6.45, 7) is 7.69. The van der Waals surface area contributed by atoms with E-state index in [1.54, 1.807) is 0 Å². The second kappa shape index (κ2) is 26.3. The number of carbonyl (C=O) groups excluding carboxylic acids is 2. The smallest absolute Gasteiger partial charge is 0.305 e. The van der Waals surface area contributed by atoms with Crippen LogP contribution < -0.4 is 0 Å². The molecule has 0 bridgehead atoms. The van der Waals surface area contributed by atoms with Crippen molar-refractivity contribution in [2.24, 2.45) is 5.92 Å². The van der Waals surface area contributed by atoms with Crippen molar-refractivity contribution in [2.45, 2.75) is 149 Å². The van der Waals surface area contributed by atoms with Gasteiger partial charge in [-0.25, -0.2) is 0 Å². The normalized spacial score (nSPS) is 11.4. The van der Waals surface area contributed by atoms with Crippen LogP contribution in [0.25, 0.3) is 0 Å². The lowest BCUT2D eigenvalue weighted by Crippen LogP contribution is -2.06. The summed E-state index contributed by atoms with van der Waals surface area (Å²) in [6.07, 6.45) is 26.3. The van der Waals surface area contributed by atoms with Gasteiger partial charge in [0.05, 0.1) is 13.2 Å². The van der Waals surface area contributed by atoms with Gasteiger partial charge in [0.2, 0.25) is 0 Å². The standard InChI is InChI=1S/C30H56O4/c1-4-5-6-7-8-9-10-11-12-15-18-21-26-33-29(31)24-19-16-13-14-17-20-25-30(32)34-27-22-23-28(2)3/h5-6,28H,4,7-27H2,1-3H3/b6-5-. The Labute approximate surface area is 211 Å². The van der Waals surface area contributed by atoms with E-state index in [9.17, 15) is 9.59 Å². The van der Waals surface area contributed by atoms with Crippen LogP contribution >= 0.6 is 0 Å². The van der Waals surface area contributed by atoms with Crippen molar-refractivity contribution in [2.75, 3.05) is 13.2 Å². The van der Waals surface area contributed by atoms with Crippen LogP contribution in [0.5, 0.6) is 0 Å². The Morgan fingerprint density at radius 2 is 1.03 bits per heavy atom. The van der Waals surface area contributed by atoms with E-state index >= 15 is 0 Å². The third-order valence-corrected chi connectivity index (χ3v) is 6.13. The number of unbranched alkanes of at least 4 members (excludes halogenated alkanes) is 13. The Morgan fingerprint density at radius 3 is 1.53 bits per heavy atom.